The summed E-state index contributed by atoms with van der Waals surface area (Å²) in [4.78, 5) is 5.16. The van der Waals surface area contributed by atoms with E-state index < -0.39 is 5.54 Å². The van der Waals surface area contributed by atoms with Crippen LogP contribution in [0.1, 0.15) is 16.7 Å². The maximum Gasteiger partial charge on any atom is 0.123 e. The average molecular weight is 770 g/mol. The maximum absolute atomic E-state index is 2.68. The topological polar surface area (TPSA) is 13.1 Å². The Balaban J connectivity index is 1.23. The molecule has 13 rings (SSSR count). The van der Waals surface area contributed by atoms with Crippen LogP contribution in [-0.2, 0) is 5.54 Å². The monoisotopic (exact) mass is 769 g/mol. The van der Waals surface area contributed by atoms with Crippen LogP contribution in [0.15, 0.2) is 222 Å². The van der Waals surface area contributed by atoms with Crippen LogP contribution in [-0.4, -0.2) is 9.13 Å². The molecule has 0 N–H and O–H groups in total. The number of aromatic nitrogens is 2. The van der Waals surface area contributed by atoms with Crippen molar-refractivity contribution >= 4 is 66.7 Å². The van der Waals surface area contributed by atoms with Crippen LogP contribution in [0.2, 0.25) is 0 Å². The van der Waals surface area contributed by atoms with E-state index in [2.05, 4.69) is 226 Å². The Labute approximate surface area is 346 Å². The second-order valence-electron chi connectivity index (χ2n) is 15.6. The van der Waals surface area contributed by atoms with E-state index in [1.165, 1.54) is 86.9 Å². The fourth-order valence-corrected chi connectivity index (χ4v) is 11.6. The van der Waals surface area contributed by atoms with Crippen molar-refractivity contribution in [1.82, 2.24) is 9.13 Å². The van der Waals surface area contributed by atoms with Gasteiger partial charge in [0, 0.05) is 42.6 Å². The third kappa shape index (κ3) is 4.44. The Morgan fingerprint density at radius 1 is 0.322 bits per heavy atom. The molecule has 0 fully saturated rings. The molecule has 4 heteroatoms. The lowest BCUT2D eigenvalue weighted by Crippen LogP contribution is -2.44. The molecule has 0 saturated carbocycles. The first-order valence-electron chi connectivity index (χ1n) is 20.3. The van der Waals surface area contributed by atoms with Crippen molar-refractivity contribution in [1.29, 1.82) is 0 Å². The highest BCUT2D eigenvalue weighted by atomic mass is 32.2. The Bertz CT molecular complexity index is 3230. The lowest BCUT2D eigenvalue weighted by molar-refractivity contribution is 0.631. The number of anilines is 2. The van der Waals surface area contributed by atoms with E-state index in [0.29, 0.717) is 0 Å². The van der Waals surface area contributed by atoms with Gasteiger partial charge in [0.15, 0.2) is 0 Å². The molecular formula is C55H35N3S. The molecule has 1 spiro atoms. The van der Waals surface area contributed by atoms with Gasteiger partial charge in [0.25, 0.3) is 0 Å². The molecule has 1 aliphatic carbocycles. The van der Waals surface area contributed by atoms with E-state index in [4.69, 9.17) is 0 Å². The van der Waals surface area contributed by atoms with Crippen molar-refractivity contribution in [3.8, 4) is 22.5 Å². The molecule has 0 atom stereocenters. The van der Waals surface area contributed by atoms with Gasteiger partial charge in [-0.15, -0.1) is 0 Å². The smallest absolute Gasteiger partial charge is 0.123 e. The van der Waals surface area contributed by atoms with Gasteiger partial charge in [-0.05, 0) is 82.9 Å². The summed E-state index contributed by atoms with van der Waals surface area (Å²) >= 11 is 1.87. The molecule has 9 aromatic carbocycles. The minimum atomic E-state index is -0.694. The van der Waals surface area contributed by atoms with E-state index in [1.54, 1.807) is 0 Å². The highest BCUT2D eigenvalue weighted by molar-refractivity contribution is 7.99. The predicted octanol–water partition coefficient (Wildman–Crippen LogP) is 14.5. The molecule has 0 radical (unpaired) electrons. The molecule has 3 nitrogen and oxygen atoms in total. The van der Waals surface area contributed by atoms with Crippen LogP contribution in [0, 0.1) is 0 Å². The van der Waals surface area contributed by atoms with Gasteiger partial charge in [0.05, 0.1) is 39.1 Å². The average Bonchev–Trinajstić information content (AvgIpc) is 3.89. The first kappa shape index (κ1) is 32.8. The summed E-state index contributed by atoms with van der Waals surface area (Å²) in [6, 6.07) is 78.9. The van der Waals surface area contributed by atoms with Crippen LogP contribution >= 0.6 is 11.8 Å². The third-order valence-electron chi connectivity index (χ3n) is 12.7. The van der Waals surface area contributed by atoms with E-state index in [9.17, 15) is 0 Å². The summed E-state index contributed by atoms with van der Waals surface area (Å²) in [6.07, 6.45) is 0. The molecule has 0 unspecified atom stereocenters. The quantitative estimate of drug-likeness (QED) is 0.178. The third-order valence-corrected chi connectivity index (χ3v) is 13.8. The highest BCUT2D eigenvalue weighted by Gasteiger charge is 2.52. The first-order chi connectivity index (χ1) is 29.3. The molecule has 0 amide bonds. The minimum absolute atomic E-state index is 0.694. The molecule has 2 aromatic heterocycles. The second-order valence-corrected chi connectivity index (χ2v) is 16.7. The molecule has 11 aromatic rings. The predicted molar refractivity (Wildman–Crippen MR) is 246 cm³/mol. The number of benzene rings is 9. The van der Waals surface area contributed by atoms with Gasteiger partial charge in [0.1, 0.15) is 5.54 Å². The Morgan fingerprint density at radius 3 is 1.20 bits per heavy atom. The van der Waals surface area contributed by atoms with Crippen LogP contribution in [0.25, 0.3) is 66.1 Å². The number of hydrogen-bond acceptors (Lipinski definition) is 2. The number of fused-ring (bicyclic) bond motifs is 14. The van der Waals surface area contributed by atoms with Crippen molar-refractivity contribution in [2.75, 3.05) is 4.90 Å². The fourth-order valence-electron chi connectivity index (χ4n) is 10.4. The zero-order chi connectivity index (χ0) is 38.7. The molecule has 0 bridgehead atoms. The Kier molecular flexibility index (Phi) is 6.87. The van der Waals surface area contributed by atoms with E-state index in [-0.39, 0.29) is 0 Å². The van der Waals surface area contributed by atoms with Gasteiger partial charge in [-0.3, -0.25) is 0 Å². The summed E-state index contributed by atoms with van der Waals surface area (Å²) in [5, 5.41) is 4.97. The molecular weight excluding hydrogens is 735 g/mol. The minimum Gasteiger partial charge on any atom is -0.322 e. The number of hydrogen-bond donors (Lipinski definition) is 0. The van der Waals surface area contributed by atoms with Crippen LogP contribution in [0.5, 0.6) is 0 Å². The van der Waals surface area contributed by atoms with Crippen molar-refractivity contribution < 1.29 is 0 Å². The van der Waals surface area contributed by atoms with Gasteiger partial charge in [0.2, 0.25) is 0 Å². The second kappa shape index (κ2) is 12.4. The van der Waals surface area contributed by atoms with Crippen molar-refractivity contribution in [3.05, 3.63) is 229 Å². The van der Waals surface area contributed by atoms with Gasteiger partial charge in [-0.1, -0.05) is 163 Å². The van der Waals surface area contributed by atoms with Gasteiger partial charge >= 0.3 is 0 Å². The lowest BCUT2D eigenvalue weighted by Gasteiger charge is -2.45. The maximum atomic E-state index is 2.68. The fraction of sp³-hybridized carbons (Fsp3) is 0.0182. The summed E-state index contributed by atoms with van der Waals surface area (Å²) < 4.78 is 4.95. The molecule has 59 heavy (non-hydrogen) atoms. The van der Waals surface area contributed by atoms with Crippen LogP contribution < -0.4 is 4.90 Å². The zero-order valence-corrected chi connectivity index (χ0v) is 32.8. The van der Waals surface area contributed by atoms with Crippen molar-refractivity contribution in [3.63, 3.8) is 0 Å². The summed E-state index contributed by atoms with van der Waals surface area (Å²) in [7, 11) is 0. The number of para-hydroxylation sites is 5. The number of rotatable bonds is 3. The summed E-state index contributed by atoms with van der Waals surface area (Å²) in [5.41, 5.74) is 14.9. The van der Waals surface area contributed by atoms with E-state index in [0.717, 1.165) is 17.1 Å². The summed E-state index contributed by atoms with van der Waals surface area (Å²) in [6.45, 7) is 0. The Morgan fingerprint density at radius 2 is 0.695 bits per heavy atom. The molecule has 0 saturated heterocycles. The molecule has 276 valence electrons. The van der Waals surface area contributed by atoms with E-state index in [1.807, 2.05) is 11.8 Å². The van der Waals surface area contributed by atoms with Crippen molar-refractivity contribution in [2.45, 2.75) is 15.3 Å². The first-order valence-corrected chi connectivity index (χ1v) is 21.1. The largest absolute Gasteiger partial charge is 0.322 e. The Hall–Kier alpha value is -7.27. The van der Waals surface area contributed by atoms with Gasteiger partial charge < -0.3 is 14.0 Å². The number of nitrogens with zero attached hydrogens (tertiary/aromatic N) is 3. The summed E-state index contributed by atoms with van der Waals surface area (Å²) in [5.74, 6) is 0. The normalized spacial score (nSPS) is 13.8. The standard InChI is InChI=1S/C55H35N3S/c1-7-23-45-39(17-1)40-18-2-8-24-46(40)55(45)47-25-9-15-31-53(47)59-54-32-16-14-30-52(54)58(55)38-34-36(56-48-26-10-3-19-41(48)42-20-4-11-27-49(42)56)33-37(35-38)57-50-28-12-5-21-43(50)44-22-6-13-29-51(44)57/h1-35H. The molecule has 1 aliphatic heterocycles. The molecule has 3 heterocycles. The van der Waals surface area contributed by atoms with Crippen LogP contribution in [0.3, 0.4) is 0 Å². The van der Waals surface area contributed by atoms with Gasteiger partial charge in [-0.2, -0.15) is 0 Å². The highest BCUT2D eigenvalue weighted by Crippen LogP contribution is 2.62. The lowest BCUT2D eigenvalue weighted by atomic mass is 9.78. The van der Waals surface area contributed by atoms with Crippen molar-refractivity contribution in [2.24, 2.45) is 0 Å². The van der Waals surface area contributed by atoms with Crippen LogP contribution in [0.4, 0.5) is 11.4 Å². The van der Waals surface area contributed by atoms with E-state index >= 15 is 0 Å². The SMILES string of the molecule is c1ccc2c(c1)Sc1ccccc1C1(c3ccccc3-c3ccccc31)N2c1cc(-n2c3ccccc3c3ccccc32)cc(-n2c3ccccc3c3ccccc32)c1. The zero-order valence-electron chi connectivity index (χ0n) is 32.0. The molecule has 2 aliphatic rings. The van der Waals surface area contributed by atoms with Gasteiger partial charge in [-0.25, -0.2) is 0 Å².